The highest BCUT2D eigenvalue weighted by Crippen LogP contribution is 2.04. The fourth-order valence-electron chi connectivity index (χ4n) is 0.561. The summed E-state index contributed by atoms with van der Waals surface area (Å²) in [6.07, 6.45) is 0. The van der Waals surface area contributed by atoms with E-state index in [4.69, 9.17) is 9.57 Å². The van der Waals surface area contributed by atoms with Crippen molar-refractivity contribution in [1.82, 2.24) is 5.48 Å². The minimum absolute atomic E-state index is 0.137. The van der Waals surface area contributed by atoms with E-state index in [0.717, 1.165) is 0 Å². The van der Waals surface area contributed by atoms with Crippen LogP contribution in [0.15, 0.2) is 0 Å². The lowest BCUT2D eigenvalue weighted by Crippen LogP contribution is -2.37. The van der Waals surface area contributed by atoms with E-state index < -0.39 is 0 Å². The first-order chi connectivity index (χ1) is 4.95. The van der Waals surface area contributed by atoms with Crippen LogP contribution in [-0.2, 0) is 9.57 Å². The minimum Gasteiger partial charge on any atom is -0.383 e. The fraction of sp³-hybridized carbons (Fsp3) is 1.00. The molecule has 0 saturated heterocycles. The number of methoxy groups -OCH3 is 1. The van der Waals surface area contributed by atoms with Crippen molar-refractivity contribution in [2.24, 2.45) is 0 Å². The molecule has 0 spiro atoms. The molecule has 0 heterocycles. The number of hydrogen-bond acceptors (Lipinski definition) is 3. The largest absolute Gasteiger partial charge is 0.383 e. The Morgan fingerprint density at radius 1 is 1.36 bits per heavy atom. The molecule has 0 bridgehead atoms. The molecule has 1 atom stereocenters. The Morgan fingerprint density at radius 3 is 2.27 bits per heavy atom. The van der Waals surface area contributed by atoms with Crippen molar-refractivity contribution in [3.05, 3.63) is 0 Å². The van der Waals surface area contributed by atoms with Crippen molar-refractivity contribution >= 4 is 0 Å². The van der Waals surface area contributed by atoms with Crippen LogP contribution in [0.25, 0.3) is 0 Å². The third-order valence-electron chi connectivity index (χ3n) is 0.983. The van der Waals surface area contributed by atoms with E-state index >= 15 is 0 Å². The number of rotatable bonds is 4. The van der Waals surface area contributed by atoms with Crippen molar-refractivity contribution in [2.45, 2.75) is 39.3 Å². The van der Waals surface area contributed by atoms with Crippen LogP contribution in [0.4, 0.5) is 0 Å². The molecule has 11 heavy (non-hydrogen) atoms. The Labute approximate surface area is 69.0 Å². The maximum absolute atomic E-state index is 5.31. The Kier molecular flexibility index (Phi) is 4.65. The average Bonchev–Trinajstić information content (AvgIpc) is 1.83. The normalized spacial score (nSPS) is 15.0. The van der Waals surface area contributed by atoms with Gasteiger partial charge in [0.15, 0.2) is 0 Å². The molecule has 0 aromatic rings. The van der Waals surface area contributed by atoms with Crippen LogP contribution >= 0.6 is 0 Å². The Morgan fingerprint density at radius 2 is 1.91 bits per heavy atom. The molecule has 0 aliphatic heterocycles. The van der Waals surface area contributed by atoms with E-state index in [9.17, 15) is 0 Å². The first kappa shape index (κ1) is 10.9. The summed E-state index contributed by atoms with van der Waals surface area (Å²) in [6.45, 7) is 8.67. The summed E-state index contributed by atoms with van der Waals surface area (Å²) in [5.74, 6) is 0. The Bertz CT molecular complexity index is 98.8. The monoisotopic (exact) mass is 161 g/mol. The maximum Gasteiger partial charge on any atom is 0.0813 e. The number of hydrogen-bond donors (Lipinski definition) is 1. The topological polar surface area (TPSA) is 30.5 Å². The minimum atomic E-state index is -0.137. The van der Waals surface area contributed by atoms with Crippen LogP contribution in [0, 0.1) is 0 Å². The van der Waals surface area contributed by atoms with Crippen molar-refractivity contribution in [3.63, 3.8) is 0 Å². The molecule has 0 rings (SSSR count). The molecular formula is C8H19NO2. The van der Waals surface area contributed by atoms with Gasteiger partial charge in [0.2, 0.25) is 0 Å². The molecule has 0 saturated carbocycles. The highest BCUT2D eigenvalue weighted by atomic mass is 16.7. The molecule has 0 fully saturated rings. The number of nitrogens with one attached hydrogen (secondary N) is 1. The van der Waals surface area contributed by atoms with E-state index in [2.05, 4.69) is 5.48 Å². The molecule has 0 aromatic carbocycles. The molecule has 1 N–H and O–H groups in total. The second-order valence-electron chi connectivity index (χ2n) is 3.69. The van der Waals surface area contributed by atoms with Gasteiger partial charge in [0.25, 0.3) is 0 Å². The maximum atomic E-state index is 5.31. The van der Waals surface area contributed by atoms with Gasteiger partial charge in [-0.25, -0.2) is 0 Å². The standard InChI is InChI=1S/C8H19NO2/c1-7(6-10-5)9-11-8(2,3)4/h7,9H,6H2,1-5H3. The molecule has 0 aromatic heterocycles. The fourth-order valence-corrected chi connectivity index (χ4v) is 0.561. The summed E-state index contributed by atoms with van der Waals surface area (Å²) < 4.78 is 4.93. The van der Waals surface area contributed by atoms with Crippen LogP contribution in [-0.4, -0.2) is 25.4 Å². The highest BCUT2D eigenvalue weighted by molar-refractivity contribution is 4.59. The van der Waals surface area contributed by atoms with E-state index in [1.807, 2.05) is 27.7 Å². The predicted molar refractivity (Wildman–Crippen MR) is 45.3 cm³/mol. The first-order valence-corrected chi connectivity index (χ1v) is 3.88. The predicted octanol–water partition coefficient (Wildman–Crippen LogP) is 1.34. The lowest BCUT2D eigenvalue weighted by Gasteiger charge is -2.22. The third kappa shape index (κ3) is 7.78. The van der Waals surface area contributed by atoms with Crippen molar-refractivity contribution in [1.29, 1.82) is 0 Å². The zero-order chi connectivity index (χ0) is 8.91. The summed E-state index contributed by atoms with van der Waals surface area (Å²) in [5.41, 5.74) is 2.76. The average molecular weight is 161 g/mol. The van der Waals surface area contributed by atoms with E-state index in [-0.39, 0.29) is 11.6 Å². The summed E-state index contributed by atoms with van der Waals surface area (Å²) in [6, 6.07) is 0.235. The van der Waals surface area contributed by atoms with Gasteiger partial charge in [0.1, 0.15) is 0 Å². The van der Waals surface area contributed by atoms with E-state index in [1.165, 1.54) is 0 Å². The highest BCUT2D eigenvalue weighted by Gasteiger charge is 2.11. The second-order valence-corrected chi connectivity index (χ2v) is 3.69. The first-order valence-electron chi connectivity index (χ1n) is 3.88. The molecule has 0 radical (unpaired) electrons. The molecule has 3 heteroatoms. The number of hydroxylamine groups is 1. The van der Waals surface area contributed by atoms with Crippen LogP contribution in [0.3, 0.4) is 0 Å². The van der Waals surface area contributed by atoms with Gasteiger partial charge in [-0.05, 0) is 27.7 Å². The Hall–Kier alpha value is -0.120. The molecule has 0 aliphatic carbocycles. The number of ether oxygens (including phenoxy) is 1. The van der Waals surface area contributed by atoms with Crippen LogP contribution in [0.2, 0.25) is 0 Å². The van der Waals surface area contributed by atoms with Crippen molar-refractivity contribution < 1.29 is 9.57 Å². The summed E-state index contributed by atoms with van der Waals surface area (Å²) >= 11 is 0. The molecule has 1 unspecified atom stereocenters. The van der Waals surface area contributed by atoms with Gasteiger partial charge in [-0.2, -0.15) is 5.48 Å². The second kappa shape index (κ2) is 4.70. The lowest BCUT2D eigenvalue weighted by molar-refractivity contribution is -0.0934. The van der Waals surface area contributed by atoms with Gasteiger partial charge in [-0.3, -0.25) is 4.84 Å². The molecular weight excluding hydrogens is 142 g/mol. The van der Waals surface area contributed by atoms with E-state index in [0.29, 0.717) is 6.61 Å². The summed E-state index contributed by atoms with van der Waals surface area (Å²) in [7, 11) is 1.68. The molecule has 0 aliphatic rings. The Balaban J connectivity index is 3.38. The van der Waals surface area contributed by atoms with Gasteiger partial charge in [-0.1, -0.05) is 0 Å². The third-order valence-corrected chi connectivity index (χ3v) is 0.983. The SMILES string of the molecule is COCC(C)NOC(C)(C)C. The van der Waals surface area contributed by atoms with Gasteiger partial charge in [0, 0.05) is 7.11 Å². The van der Waals surface area contributed by atoms with Gasteiger partial charge in [-0.15, -0.1) is 0 Å². The van der Waals surface area contributed by atoms with Gasteiger partial charge < -0.3 is 4.74 Å². The lowest BCUT2D eigenvalue weighted by atomic mass is 10.2. The smallest absolute Gasteiger partial charge is 0.0813 e. The summed E-state index contributed by atoms with van der Waals surface area (Å²) in [4.78, 5) is 5.31. The van der Waals surface area contributed by atoms with Crippen LogP contribution < -0.4 is 5.48 Å². The van der Waals surface area contributed by atoms with Gasteiger partial charge >= 0.3 is 0 Å². The van der Waals surface area contributed by atoms with Crippen LogP contribution in [0.1, 0.15) is 27.7 Å². The molecule has 0 amide bonds. The summed E-state index contributed by atoms with van der Waals surface area (Å²) in [5, 5.41) is 0. The zero-order valence-corrected chi connectivity index (χ0v) is 8.10. The quantitative estimate of drug-likeness (QED) is 0.631. The molecule has 3 nitrogen and oxygen atoms in total. The molecule has 68 valence electrons. The van der Waals surface area contributed by atoms with E-state index in [1.54, 1.807) is 7.11 Å². The van der Waals surface area contributed by atoms with Crippen LogP contribution in [0.5, 0.6) is 0 Å². The zero-order valence-electron chi connectivity index (χ0n) is 8.10. The van der Waals surface area contributed by atoms with Crippen molar-refractivity contribution in [2.75, 3.05) is 13.7 Å². The van der Waals surface area contributed by atoms with Gasteiger partial charge in [0.05, 0.1) is 18.2 Å². The van der Waals surface area contributed by atoms with Crippen molar-refractivity contribution in [3.8, 4) is 0 Å².